The summed E-state index contributed by atoms with van der Waals surface area (Å²) in [7, 11) is 4.68. The summed E-state index contributed by atoms with van der Waals surface area (Å²) in [6, 6.07) is 3.63. The predicted octanol–water partition coefficient (Wildman–Crippen LogP) is 1.40. The van der Waals surface area contributed by atoms with Gasteiger partial charge in [-0.1, -0.05) is 0 Å². The molecule has 0 saturated heterocycles. The molecular weight excluding hydrogens is 286 g/mol. The van der Waals surface area contributed by atoms with E-state index >= 15 is 0 Å². The fourth-order valence-corrected chi connectivity index (χ4v) is 2.26. The van der Waals surface area contributed by atoms with Crippen molar-refractivity contribution in [2.24, 2.45) is 0 Å². The van der Waals surface area contributed by atoms with Crippen LogP contribution >= 0.6 is 0 Å². The molecule has 2 N–H and O–H groups in total. The molecule has 0 aliphatic heterocycles. The molecule has 114 valence electrons. The summed E-state index contributed by atoms with van der Waals surface area (Å²) in [5.41, 5.74) is 7.71. The molecular formula is C14H15N5O3. The Hall–Kier alpha value is -3.03. The second-order valence-corrected chi connectivity index (χ2v) is 4.45. The van der Waals surface area contributed by atoms with E-state index in [9.17, 15) is 0 Å². The van der Waals surface area contributed by atoms with Crippen molar-refractivity contribution in [3.8, 4) is 28.5 Å². The van der Waals surface area contributed by atoms with Gasteiger partial charge in [0.2, 0.25) is 11.7 Å². The van der Waals surface area contributed by atoms with E-state index in [0.29, 0.717) is 28.6 Å². The number of hydrogen-bond donors (Lipinski definition) is 1. The molecule has 3 rings (SSSR count). The number of ether oxygens (including phenoxy) is 3. The van der Waals surface area contributed by atoms with Crippen LogP contribution < -0.4 is 19.9 Å². The molecule has 22 heavy (non-hydrogen) atoms. The lowest BCUT2D eigenvalue weighted by atomic mass is 10.1. The largest absolute Gasteiger partial charge is 0.493 e. The topological polar surface area (TPSA) is 96.8 Å². The van der Waals surface area contributed by atoms with E-state index in [4.69, 9.17) is 19.9 Å². The highest BCUT2D eigenvalue weighted by molar-refractivity contribution is 5.70. The average Bonchev–Trinajstić information content (AvgIpc) is 2.93. The van der Waals surface area contributed by atoms with Gasteiger partial charge in [-0.05, 0) is 12.1 Å². The summed E-state index contributed by atoms with van der Waals surface area (Å²) in [4.78, 5) is 8.26. The van der Waals surface area contributed by atoms with Gasteiger partial charge in [0.1, 0.15) is 0 Å². The molecule has 2 heterocycles. The Morgan fingerprint density at radius 3 is 2.27 bits per heavy atom. The number of benzene rings is 1. The minimum atomic E-state index is 0.182. The third-order valence-electron chi connectivity index (χ3n) is 3.22. The molecule has 0 atom stereocenters. The Labute approximate surface area is 126 Å². The molecule has 0 aliphatic rings. The van der Waals surface area contributed by atoms with E-state index in [1.54, 1.807) is 38.2 Å². The minimum absolute atomic E-state index is 0.182. The molecule has 0 fully saturated rings. The number of anilines is 1. The van der Waals surface area contributed by atoms with Crippen LogP contribution in [0.2, 0.25) is 0 Å². The maximum Gasteiger partial charge on any atom is 0.240 e. The number of rotatable bonds is 4. The van der Waals surface area contributed by atoms with E-state index in [1.165, 1.54) is 0 Å². The smallest absolute Gasteiger partial charge is 0.240 e. The fraction of sp³-hybridized carbons (Fsp3) is 0.214. The highest BCUT2D eigenvalue weighted by Crippen LogP contribution is 2.40. The standard InChI is InChI=1S/C14H15N5O3/c1-20-10-4-8(5-11(21-2)13(10)22-3)9-6-16-7-12-17-14(15)18-19(9)12/h4-7H,1-3H3,(H2,15,18). The molecule has 3 aromatic rings. The molecule has 8 nitrogen and oxygen atoms in total. The third kappa shape index (κ3) is 2.14. The number of nitrogen functional groups attached to an aromatic ring is 1. The van der Waals surface area contributed by atoms with Gasteiger partial charge in [0.25, 0.3) is 0 Å². The Kier molecular flexibility index (Phi) is 3.42. The van der Waals surface area contributed by atoms with Crippen LogP contribution in [0.3, 0.4) is 0 Å². The van der Waals surface area contributed by atoms with Crippen LogP contribution in [0.1, 0.15) is 0 Å². The van der Waals surface area contributed by atoms with Gasteiger partial charge in [-0.2, -0.15) is 4.98 Å². The van der Waals surface area contributed by atoms with Gasteiger partial charge in [-0.3, -0.25) is 4.98 Å². The molecule has 0 saturated carbocycles. The summed E-state index contributed by atoms with van der Waals surface area (Å²) in [5.74, 6) is 1.79. The van der Waals surface area contributed by atoms with Crippen LogP contribution in [0.4, 0.5) is 5.95 Å². The summed E-state index contributed by atoms with van der Waals surface area (Å²) < 4.78 is 17.7. The Morgan fingerprint density at radius 1 is 1.00 bits per heavy atom. The Balaban J connectivity index is 2.26. The predicted molar refractivity (Wildman–Crippen MR) is 80.3 cm³/mol. The number of fused-ring (bicyclic) bond motifs is 1. The molecule has 0 bridgehead atoms. The van der Waals surface area contributed by atoms with Gasteiger partial charge in [-0.25, -0.2) is 4.52 Å². The van der Waals surface area contributed by atoms with Crippen LogP contribution in [0, 0.1) is 0 Å². The first-order valence-corrected chi connectivity index (χ1v) is 6.44. The number of nitrogens with two attached hydrogens (primary N) is 1. The average molecular weight is 301 g/mol. The van der Waals surface area contributed by atoms with Gasteiger partial charge in [0.05, 0.1) is 39.4 Å². The highest BCUT2D eigenvalue weighted by Gasteiger charge is 2.16. The van der Waals surface area contributed by atoms with Crippen molar-refractivity contribution >= 4 is 11.6 Å². The fourth-order valence-electron chi connectivity index (χ4n) is 2.26. The van der Waals surface area contributed by atoms with Crippen molar-refractivity contribution in [3.05, 3.63) is 24.5 Å². The van der Waals surface area contributed by atoms with Crippen molar-refractivity contribution in [2.75, 3.05) is 27.1 Å². The highest BCUT2D eigenvalue weighted by atomic mass is 16.5. The maximum absolute atomic E-state index is 5.66. The van der Waals surface area contributed by atoms with Crippen LogP contribution in [0.25, 0.3) is 16.9 Å². The molecule has 8 heteroatoms. The second-order valence-electron chi connectivity index (χ2n) is 4.45. The number of hydrogen-bond acceptors (Lipinski definition) is 7. The Morgan fingerprint density at radius 2 is 1.68 bits per heavy atom. The van der Waals surface area contributed by atoms with Crippen molar-refractivity contribution in [1.82, 2.24) is 19.6 Å². The summed E-state index contributed by atoms with van der Waals surface area (Å²) in [6.07, 6.45) is 3.26. The van der Waals surface area contributed by atoms with Gasteiger partial charge in [0, 0.05) is 5.56 Å². The summed E-state index contributed by atoms with van der Waals surface area (Å²) in [6.45, 7) is 0. The van der Waals surface area contributed by atoms with E-state index in [-0.39, 0.29) is 5.95 Å². The first kappa shape index (κ1) is 13.9. The summed E-state index contributed by atoms with van der Waals surface area (Å²) >= 11 is 0. The van der Waals surface area contributed by atoms with Gasteiger partial charge in [-0.15, -0.1) is 5.10 Å². The van der Waals surface area contributed by atoms with Crippen LogP contribution in [0.5, 0.6) is 17.2 Å². The van der Waals surface area contributed by atoms with Gasteiger partial charge in [0.15, 0.2) is 17.1 Å². The van der Waals surface area contributed by atoms with Gasteiger partial charge < -0.3 is 19.9 Å². The quantitative estimate of drug-likeness (QED) is 0.777. The van der Waals surface area contributed by atoms with Gasteiger partial charge >= 0.3 is 0 Å². The molecule has 2 aromatic heterocycles. The minimum Gasteiger partial charge on any atom is -0.493 e. The first-order chi connectivity index (χ1) is 10.7. The lowest BCUT2D eigenvalue weighted by Crippen LogP contribution is -1.99. The Bertz CT molecular complexity index is 805. The van der Waals surface area contributed by atoms with E-state index in [2.05, 4.69) is 15.1 Å². The molecule has 0 amide bonds. The normalized spacial score (nSPS) is 10.7. The zero-order chi connectivity index (χ0) is 15.7. The second kappa shape index (κ2) is 5.40. The third-order valence-corrected chi connectivity index (χ3v) is 3.22. The lowest BCUT2D eigenvalue weighted by molar-refractivity contribution is 0.324. The zero-order valence-electron chi connectivity index (χ0n) is 12.4. The molecule has 1 aromatic carbocycles. The number of aromatic nitrogens is 4. The zero-order valence-corrected chi connectivity index (χ0v) is 12.4. The van der Waals surface area contributed by atoms with Crippen molar-refractivity contribution < 1.29 is 14.2 Å². The molecule has 0 unspecified atom stereocenters. The lowest BCUT2D eigenvalue weighted by Gasteiger charge is -2.14. The molecule has 0 spiro atoms. The maximum atomic E-state index is 5.66. The van der Waals surface area contributed by atoms with Crippen molar-refractivity contribution in [3.63, 3.8) is 0 Å². The van der Waals surface area contributed by atoms with E-state index in [1.807, 2.05) is 12.1 Å². The van der Waals surface area contributed by atoms with Crippen LogP contribution in [-0.4, -0.2) is 40.9 Å². The number of methoxy groups -OCH3 is 3. The van der Waals surface area contributed by atoms with Crippen LogP contribution in [-0.2, 0) is 0 Å². The monoisotopic (exact) mass is 301 g/mol. The van der Waals surface area contributed by atoms with Crippen molar-refractivity contribution in [1.29, 1.82) is 0 Å². The van der Waals surface area contributed by atoms with E-state index < -0.39 is 0 Å². The van der Waals surface area contributed by atoms with Crippen LogP contribution in [0.15, 0.2) is 24.5 Å². The summed E-state index contributed by atoms with van der Waals surface area (Å²) in [5, 5.41) is 4.17. The van der Waals surface area contributed by atoms with E-state index in [0.717, 1.165) is 5.56 Å². The first-order valence-electron chi connectivity index (χ1n) is 6.44. The molecule has 0 radical (unpaired) electrons. The SMILES string of the molecule is COc1cc(-c2cncc3nc(N)nn23)cc(OC)c1OC. The van der Waals surface area contributed by atoms with Crippen molar-refractivity contribution in [2.45, 2.75) is 0 Å². The number of nitrogens with zero attached hydrogens (tertiary/aromatic N) is 4. The molecule has 0 aliphatic carbocycles.